The zero-order valence-corrected chi connectivity index (χ0v) is 10.8. The summed E-state index contributed by atoms with van der Waals surface area (Å²) in [5.41, 5.74) is -0.412. The maximum atomic E-state index is 12.3. The van der Waals surface area contributed by atoms with Crippen molar-refractivity contribution in [2.24, 2.45) is 0 Å². The van der Waals surface area contributed by atoms with E-state index in [2.05, 4.69) is 0 Å². The fourth-order valence-electron chi connectivity index (χ4n) is 1.62. The van der Waals surface area contributed by atoms with Crippen LogP contribution in [0.4, 0.5) is 13.2 Å². The Balaban J connectivity index is 2.45. The molecule has 0 saturated heterocycles. The summed E-state index contributed by atoms with van der Waals surface area (Å²) in [6, 6.07) is 4.34. The minimum Gasteiger partial charge on any atom is -0.382 e. The van der Waals surface area contributed by atoms with Crippen molar-refractivity contribution in [1.82, 2.24) is 0 Å². The maximum Gasteiger partial charge on any atom is 0.416 e. The minimum atomic E-state index is -4.36. The molecule has 0 aliphatic heterocycles. The van der Waals surface area contributed by atoms with E-state index in [1.165, 1.54) is 12.1 Å². The summed E-state index contributed by atoms with van der Waals surface area (Å²) >= 11 is 0. The molecule has 0 spiro atoms. The van der Waals surface area contributed by atoms with E-state index in [-0.39, 0.29) is 5.78 Å². The Labute approximate surface area is 110 Å². The van der Waals surface area contributed by atoms with Crippen molar-refractivity contribution in [3.8, 4) is 0 Å². The molecular weight excluding hydrogens is 257 g/mol. The van der Waals surface area contributed by atoms with Crippen molar-refractivity contribution >= 4 is 5.78 Å². The molecule has 0 heterocycles. The number of Topliss-reactive ketones (excluding diaryl/α,β-unsaturated/α-hetero) is 1. The molecule has 0 amide bonds. The van der Waals surface area contributed by atoms with Gasteiger partial charge in [-0.1, -0.05) is 12.1 Å². The van der Waals surface area contributed by atoms with Crippen LogP contribution in [0, 0.1) is 0 Å². The number of hydrogen-bond donors (Lipinski definition) is 0. The zero-order chi connectivity index (χ0) is 14.3. The quantitative estimate of drug-likeness (QED) is 0.553. The van der Waals surface area contributed by atoms with Gasteiger partial charge in [0.1, 0.15) is 0 Å². The van der Waals surface area contributed by atoms with E-state index in [0.717, 1.165) is 18.6 Å². The molecule has 5 heteroatoms. The Morgan fingerprint density at radius 2 is 1.79 bits per heavy atom. The first-order chi connectivity index (χ1) is 8.95. The maximum absolute atomic E-state index is 12.3. The Bertz CT molecular complexity index is 396. The number of alkyl halides is 3. The van der Waals surface area contributed by atoms with Crippen LogP contribution in [-0.4, -0.2) is 19.0 Å². The Morgan fingerprint density at radius 3 is 2.32 bits per heavy atom. The van der Waals surface area contributed by atoms with Gasteiger partial charge in [-0.3, -0.25) is 4.79 Å². The topological polar surface area (TPSA) is 26.3 Å². The first-order valence-corrected chi connectivity index (χ1v) is 6.23. The standard InChI is InChI=1S/C14H17F3O2/c1-2-19-10-4-3-5-13(18)11-6-8-12(9-7-11)14(15,16)17/h6-9H,2-5,10H2,1H3. The van der Waals surface area contributed by atoms with Gasteiger partial charge in [-0.15, -0.1) is 0 Å². The number of carbonyl (C=O) groups excluding carboxylic acids is 1. The molecule has 0 aliphatic carbocycles. The molecular formula is C14H17F3O2. The van der Waals surface area contributed by atoms with Crippen LogP contribution in [-0.2, 0) is 10.9 Å². The van der Waals surface area contributed by atoms with Crippen molar-refractivity contribution in [2.75, 3.05) is 13.2 Å². The van der Waals surface area contributed by atoms with E-state index in [1.807, 2.05) is 6.92 Å². The molecule has 1 aromatic rings. The Kier molecular flexibility index (Phi) is 6.02. The summed E-state index contributed by atoms with van der Waals surface area (Å²) in [6.07, 6.45) is -2.57. The normalized spacial score (nSPS) is 11.6. The average molecular weight is 274 g/mol. The lowest BCUT2D eigenvalue weighted by molar-refractivity contribution is -0.137. The van der Waals surface area contributed by atoms with Crippen LogP contribution in [0.25, 0.3) is 0 Å². The predicted octanol–water partition coefficient (Wildman–Crippen LogP) is 4.09. The number of ether oxygens (including phenoxy) is 1. The third kappa shape index (κ3) is 5.42. The molecule has 1 aromatic carbocycles. The molecule has 0 aliphatic rings. The largest absolute Gasteiger partial charge is 0.416 e. The second-order valence-corrected chi connectivity index (χ2v) is 4.15. The number of hydrogen-bond acceptors (Lipinski definition) is 2. The Hall–Kier alpha value is -1.36. The first kappa shape index (κ1) is 15.7. The third-order valence-electron chi connectivity index (χ3n) is 2.68. The summed E-state index contributed by atoms with van der Waals surface area (Å²) < 4.78 is 42.2. The van der Waals surface area contributed by atoms with Gasteiger partial charge in [0.05, 0.1) is 5.56 Å². The van der Waals surface area contributed by atoms with Crippen LogP contribution in [0.3, 0.4) is 0 Å². The second kappa shape index (κ2) is 7.28. The van der Waals surface area contributed by atoms with Crippen molar-refractivity contribution < 1.29 is 22.7 Å². The van der Waals surface area contributed by atoms with Crippen LogP contribution in [0.2, 0.25) is 0 Å². The molecule has 0 fully saturated rings. The van der Waals surface area contributed by atoms with E-state index in [4.69, 9.17) is 4.74 Å². The zero-order valence-electron chi connectivity index (χ0n) is 10.8. The lowest BCUT2D eigenvalue weighted by Crippen LogP contribution is -2.06. The number of unbranched alkanes of at least 4 members (excludes halogenated alkanes) is 1. The van der Waals surface area contributed by atoms with E-state index >= 15 is 0 Å². The van der Waals surface area contributed by atoms with Crippen molar-refractivity contribution in [2.45, 2.75) is 32.4 Å². The SMILES string of the molecule is CCOCCCCC(=O)c1ccc(C(F)(F)F)cc1. The van der Waals surface area contributed by atoms with Gasteiger partial charge >= 0.3 is 6.18 Å². The number of carbonyl (C=O) groups is 1. The summed E-state index contributed by atoms with van der Waals surface area (Å²) in [5, 5.41) is 0. The monoisotopic (exact) mass is 274 g/mol. The third-order valence-corrected chi connectivity index (χ3v) is 2.68. The smallest absolute Gasteiger partial charge is 0.382 e. The van der Waals surface area contributed by atoms with Crippen LogP contribution in [0.1, 0.15) is 42.1 Å². The van der Waals surface area contributed by atoms with E-state index < -0.39 is 11.7 Å². The summed E-state index contributed by atoms with van der Waals surface area (Å²) in [7, 11) is 0. The fraction of sp³-hybridized carbons (Fsp3) is 0.500. The van der Waals surface area contributed by atoms with Gasteiger partial charge in [0.25, 0.3) is 0 Å². The summed E-state index contributed by atoms with van der Waals surface area (Å²) in [4.78, 5) is 11.7. The fourth-order valence-corrected chi connectivity index (χ4v) is 1.62. The lowest BCUT2D eigenvalue weighted by Gasteiger charge is -2.07. The summed E-state index contributed by atoms with van der Waals surface area (Å²) in [6.45, 7) is 3.15. The van der Waals surface area contributed by atoms with Crippen LogP contribution in [0.15, 0.2) is 24.3 Å². The number of rotatable bonds is 7. The molecule has 0 aromatic heterocycles. The molecule has 19 heavy (non-hydrogen) atoms. The highest BCUT2D eigenvalue weighted by atomic mass is 19.4. The van der Waals surface area contributed by atoms with Gasteiger partial charge in [-0.2, -0.15) is 13.2 Å². The molecule has 0 atom stereocenters. The van der Waals surface area contributed by atoms with Crippen molar-refractivity contribution in [3.05, 3.63) is 35.4 Å². The number of halogens is 3. The van der Waals surface area contributed by atoms with Crippen molar-refractivity contribution in [1.29, 1.82) is 0 Å². The minimum absolute atomic E-state index is 0.134. The van der Waals surface area contributed by atoms with Gasteiger partial charge < -0.3 is 4.74 Å². The average Bonchev–Trinajstić information content (AvgIpc) is 2.37. The first-order valence-electron chi connectivity index (χ1n) is 6.23. The highest BCUT2D eigenvalue weighted by Gasteiger charge is 2.30. The molecule has 2 nitrogen and oxygen atoms in total. The Morgan fingerprint density at radius 1 is 1.16 bits per heavy atom. The predicted molar refractivity (Wildman–Crippen MR) is 66.1 cm³/mol. The van der Waals surface area contributed by atoms with Crippen LogP contribution < -0.4 is 0 Å². The highest BCUT2D eigenvalue weighted by Crippen LogP contribution is 2.29. The number of ketones is 1. The highest BCUT2D eigenvalue weighted by molar-refractivity contribution is 5.96. The molecule has 1 rings (SSSR count). The lowest BCUT2D eigenvalue weighted by atomic mass is 10.0. The molecule has 0 N–H and O–H groups in total. The number of benzene rings is 1. The molecule has 0 bridgehead atoms. The van der Waals surface area contributed by atoms with Gasteiger partial charge in [0.15, 0.2) is 5.78 Å². The van der Waals surface area contributed by atoms with Crippen LogP contribution >= 0.6 is 0 Å². The van der Waals surface area contributed by atoms with Crippen LogP contribution in [0.5, 0.6) is 0 Å². The summed E-state index contributed by atoms with van der Waals surface area (Å²) in [5.74, 6) is -0.134. The molecule has 106 valence electrons. The van der Waals surface area contributed by atoms with E-state index in [9.17, 15) is 18.0 Å². The molecule has 0 unspecified atom stereocenters. The second-order valence-electron chi connectivity index (χ2n) is 4.15. The molecule has 0 radical (unpaired) electrons. The van der Waals surface area contributed by atoms with E-state index in [0.29, 0.717) is 31.6 Å². The van der Waals surface area contributed by atoms with Gasteiger partial charge in [-0.05, 0) is 31.9 Å². The molecule has 0 saturated carbocycles. The van der Waals surface area contributed by atoms with Gasteiger partial charge in [0, 0.05) is 25.2 Å². The van der Waals surface area contributed by atoms with E-state index in [1.54, 1.807) is 0 Å². The van der Waals surface area contributed by atoms with Crippen molar-refractivity contribution in [3.63, 3.8) is 0 Å². The van der Waals surface area contributed by atoms with Gasteiger partial charge in [-0.25, -0.2) is 0 Å². The van der Waals surface area contributed by atoms with Gasteiger partial charge in [0.2, 0.25) is 0 Å².